The molecule has 2 aliphatic rings. The molecule has 0 aromatic heterocycles. The van der Waals surface area contributed by atoms with Crippen molar-refractivity contribution in [1.82, 2.24) is 20.0 Å². The van der Waals surface area contributed by atoms with Gasteiger partial charge < -0.3 is 20.0 Å². The molecule has 0 saturated carbocycles. The van der Waals surface area contributed by atoms with E-state index in [9.17, 15) is 0 Å². The summed E-state index contributed by atoms with van der Waals surface area (Å²) >= 11 is 0. The van der Waals surface area contributed by atoms with E-state index in [1.165, 1.54) is 58.8 Å². The predicted octanol–water partition coefficient (Wildman–Crippen LogP) is -0.0824. The van der Waals surface area contributed by atoms with Crippen molar-refractivity contribution >= 4 is 0 Å². The second-order valence-corrected chi connectivity index (χ2v) is 5.48. The van der Waals surface area contributed by atoms with Crippen LogP contribution >= 0.6 is 0 Å². The molecule has 0 radical (unpaired) electrons. The van der Waals surface area contributed by atoms with E-state index in [0.29, 0.717) is 6.04 Å². The third-order valence-electron chi connectivity index (χ3n) is 4.16. The molecule has 1 N–H and O–H groups in total. The van der Waals surface area contributed by atoms with Gasteiger partial charge in [-0.05, 0) is 26.6 Å². The minimum absolute atomic E-state index is 0.706. The minimum Gasteiger partial charge on any atom is -0.311 e. The number of piperazine rings is 2. The molecular formula is C13H28N4. The summed E-state index contributed by atoms with van der Waals surface area (Å²) in [5, 5.41) is 3.63. The Hall–Kier alpha value is -0.160. The van der Waals surface area contributed by atoms with Gasteiger partial charge in [0.05, 0.1) is 0 Å². The number of hydrogen-bond donors (Lipinski definition) is 1. The Morgan fingerprint density at radius 2 is 1.76 bits per heavy atom. The van der Waals surface area contributed by atoms with Crippen LogP contribution in [-0.2, 0) is 0 Å². The lowest BCUT2D eigenvalue weighted by Gasteiger charge is -2.36. The second kappa shape index (κ2) is 6.69. The highest BCUT2D eigenvalue weighted by Crippen LogP contribution is 2.05. The number of rotatable bonds is 4. The lowest BCUT2D eigenvalue weighted by molar-refractivity contribution is 0.127. The van der Waals surface area contributed by atoms with Crippen LogP contribution in [-0.4, -0.2) is 86.7 Å². The molecule has 1 unspecified atom stereocenters. The van der Waals surface area contributed by atoms with Gasteiger partial charge >= 0.3 is 0 Å². The zero-order valence-electron chi connectivity index (χ0n) is 11.5. The van der Waals surface area contributed by atoms with Crippen molar-refractivity contribution in [2.75, 3.05) is 66.0 Å². The summed E-state index contributed by atoms with van der Waals surface area (Å²) in [6.07, 6.45) is 1.30. The zero-order chi connectivity index (χ0) is 12.1. The Morgan fingerprint density at radius 1 is 1.06 bits per heavy atom. The molecule has 2 fully saturated rings. The van der Waals surface area contributed by atoms with E-state index >= 15 is 0 Å². The molecule has 0 amide bonds. The third-order valence-corrected chi connectivity index (χ3v) is 4.16. The molecular weight excluding hydrogens is 212 g/mol. The van der Waals surface area contributed by atoms with E-state index < -0.39 is 0 Å². The summed E-state index contributed by atoms with van der Waals surface area (Å²) in [5.74, 6) is 0. The largest absolute Gasteiger partial charge is 0.311 e. The molecule has 0 aromatic carbocycles. The van der Waals surface area contributed by atoms with Gasteiger partial charge in [0, 0.05) is 51.9 Å². The van der Waals surface area contributed by atoms with Gasteiger partial charge in [-0.25, -0.2) is 0 Å². The molecule has 4 nitrogen and oxygen atoms in total. The van der Waals surface area contributed by atoms with Crippen molar-refractivity contribution in [2.24, 2.45) is 0 Å². The summed E-state index contributed by atoms with van der Waals surface area (Å²) in [6, 6.07) is 0.706. The van der Waals surface area contributed by atoms with E-state index in [1.807, 2.05) is 0 Å². The van der Waals surface area contributed by atoms with Crippen molar-refractivity contribution in [3.05, 3.63) is 0 Å². The highest BCUT2D eigenvalue weighted by Gasteiger charge is 2.19. The van der Waals surface area contributed by atoms with Crippen LogP contribution in [0.25, 0.3) is 0 Å². The molecule has 2 rings (SSSR count). The highest BCUT2D eigenvalue weighted by molar-refractivity contribution is 4.79. The molecule has 0 spiro atoms. The fourth-order valence-corrected chi connectivity index (χ4v) is 2.85. The van der Waals surface area contributed by atoms with Gasteiger partial charge in [-0.15, -0.1) is 0 Å². The Kier molecular flexibility index (Phi) is 5.22. The lowest BCUT2D eigenvalue weighted by atomic mass is 10.1. The first-order chi connectivity index (χ1) is 8.28. The van der Waals surface area contributed by atoms with Crippen LogP contribution in [0.4, 0.5) is 0 Å². The van der Waals surface area contributed by atoms with Crippen molar-refractivity contribution in [1.29, 1.82) is 0 Å². The maximum atomic E-state index is 3.63. The maximum Gasteiger partial charge on any atom is 0.0207 e. The maximum absolute atomic E-state index is 3.63. The van der Waals surface area contributed by atoms with E-state index in [0.717, 1.165) is 6.54 Å². The number of likely N-dealkylation sites (N-methyl/N-ethyl adjacent to an activating group) is 2. The summed E-state index contributed by atoms with van der Waals surface area (Å²) in [7, 11) is 2.23. The van der Waals surface area contributed by atoms with Crippen molar-refractivity contribution in [3.8, 4) is 0 Å². The predicted molar refractivity (Wildman–Crippen MR) is 72.5 cm³/mol. The molecule has 2 aliphatic heterocycles. The van der Waals surface area contributed by atoms with Crippen LogP contribution < -0.4 is 5.32 Å². The number of nitrogens with one attached hydrogen (secondary N) is 1. The van der Waals surface area contributed by atoms with Crippen LogP contribution in [0, 0.1) is 0 Å². The van der Waals surface area contributed by atoms with E-state index in [1.54, 1.807) is 0 Å². The molecule has 1 atom stereocenters. The molecule has 17 heavy (non-hydrogen) atoms. The van der Waals surface area contributed by atoms with Crippen LogP contribution in [0.3, 0.4) is 0 Å². The average molecular weight is 240 g/mol. The SMILES string of the molecule is CCN1CCN(CCC2CN(C)CCN2)CC1. The van der Waals surface area contributed by atoms with Gasteiger partial charge in [0.1, 0.15) is 0 Å². The van der Waals surface area contributed by atoms with E-state index in [4.69, 9.17) is 0 Å². The Balaban J connectivity index is 1.62. The summed E-state index contributed by atoms with van der Waals surface area (Å²) < 4.78 is 0. The minimum atomic E-state index is 0.706. The Morgan fingerprint density at radius 3 is 2.41 bits per heavy atom. The van der Waals surface area contributed by atoms with Crippen LogP contribution in [0.1, 0.15) is 13.3 Å². The van der Waals surface area contributed by atoms with Gasteiger partial charge in [-0.1, -0.05) is 6.92 Å². The van der Waals surface area contributed by atoms with Gasteiger partial charge in [-0.3, -0.25) is 0 Å². The zero-order valence-corrected chi connectivity index (χ0v) is 11.5. The molecule has 2 saturated heterocycles. The first-order valence-electron chi connectivity index (χ1n) is 7.14. The number of nitrogens with zero attached hydrogens (tertiary/aromatic N) is 3. The van der Waals surface area contributed by atoms with E-state index in [2.05, 4.69) is 34.0 Å². The van der Waals surface area contributed by atoms with Gasteiger partial charge in [0.2, 0.25) is 0 Å². The van der Waals surface area contributed by atoms with E-state index in [-0.39, 0.29) is 0 Å². The van der Waals surface area contributed by atoms with Crippen LogP contribution in [0.5, 0.6) is 0 Å². The lowest BCUT2D eigenvalue weighted by Crippen LogP contribution is -2.51. The third kappa shape index (κ3) is 4.21. The summed E-state index contributed by atoms with van der Waals surface area (Å²) in [5.41, 5.74) is 0. The topological polar surface area (TPSA) is 21.8 Å². The van der Waals surface area contributed by atoms with Crippen LogP contribution in [0.15, 0.2) is 0 Å². The first kappa shape index (κ1) is 13.3. The smallest absolute Gasteiger partial charge is 0.0207 e. The quantitative estimate of drug-likeness (QED) is 0.742. The van der Waals surface area contributed by atoms with Crippen molar-refractivity contribution in [3.63, 3.8) is 0 Å². The summed E-state index contributed by atoms with van der Waals surface area (Å²) in [6.45, 7) is 13.4. The normalized spacial score (nSPS) is 29.6. The van der Waals surface area contributed by atoms with Crippen molar-refractivity contribution < 1.29 is 0 Å². The van der Waals surface area contributed by atoms with Gasteiger partial charge in [0.15, 0.2) is 0 Å². The molecule has 0 bridgehead atoms. The monoisotopic (exact) mass is 240 g/mol. The molecule has 0 aromatic rings. The number of hydrogen-bond acceptors (Lipinski definition) is 4. The standard InChI is InChI=1S/C13H28N4/c1-3-16-8-10-17(11-9-16)6-4-13-12-15(2)7-5-14-13/h13-14H,3-12H2,1-2H3. The highest BCUT2D eigenvalue weighted by atomic mass is 15.3. The molecule has 0 aliphatic carbocycles. The first-order valence-corrected chi connectivity index (χ1v) is 7.14. The average Bonchev–Trinajstić information content (AvgIpc) is 2.37. The van der Waals surface area contributed by atoms with Crippen LogP contribution in [0.2, 0.25) is 0 Å². The molecule has 2 heterocycles. The second-order valence-electron chi connectivity index (χ2n) is 5.48. The Bertz CT molecular complexity index is 213. The molecule has 4 heteroatoms. The fraction of sp³-hybridized carbons (Fsp3) is 1.00. The van der Waals surface area contributed by atoms with Gasteiger partial charge in [0.25, 0.3) is 0 Å². The fourth-order valence-electron chi connectivity index (χ4n) is 2.85. The van der Waals surface area contributed by atoms with Crippen molar-refractivity contribution in [2.45, 2.75) is 19.4 Å². The Labute approximate surface area is 106 Å². The molecule has 100 valence electrons. The van der Waals surface area contributed by atoms with Gasteiger partial charge in [-0.2, -0.15) is 0 Å². The summed E-state index contributed by atoms with van der Waals surface area (Å²) in [4.78, 5) is 7.61.